The Bertz CT molecular complexity index is 399. The highest BCUT2D eigenvalue weighted by molar-refractivity contribution is 7.99. The summed E-state index contributed by atoms with van der Waals surface area (Å²) in [6, 6.07) is 11.2. The number of aliphatic imine (C=N–C) groups is 1. The van der Waals surface area contributed by atoms with Gasteiger partial charge in [0.15, 0.2) is 5.96 Å². The molecule has 0 aromatic heterocycles. The minimum absolute atomic E-state index is 0.625. The van der Waals surface area contributed by atoms with Crippen LogP contribution in [-0.4, -0.2) is 31.3 Å². The fourth-order valence-corrected chi connectivity index (χ4v) is 3.32. The number of hydrogen-bond donors (Lipinski definition) is 2. The summed E-state index contributed by atoms with van der Waals surface area (Å²) < 4.78 is 0. The Morgan fingerprint density at radius 1 is 1.25 bits per heavy atom. The van der Waals surface area contributed by atoms with Crippen LogP contribution in [0.2, 0.25) is 0 Å². The lowest BCUT2D eigenvalue weighted by atomic mass is 10.2. The van der Waals surface area contributed by atoms with Crippen molar-refractivity contribution in [3.8, 4) is 0 Å². The molecule has 1 aliphatic rings. The van der Waals surface area contributed by atoms with Crippen molar-refractivity contribution in [1.29, 1.82) is 0 Å². The van der Waals surface area contributed by atoms with Gasteiger partial charge in [0.2, 0.25) is 0 Å². The van der Waals surface area contributed by atoms with Gasteiger partial charge in [-0.15, -0.1) is 11.8 Å². The molecule has 20 heavy (non-hydrogen) atoms. The first-order valence-electron chi connectivity index (χ1n) is 7.53. The van der Waals surface area contributed by atoms with E-state index in [1.165, 1.54) is 30.6 Å². The third-order valence-corrected chi connectivity index (χ3v) is 4.64. The van der Waals surface area contributed by atoms with Crippen LogP contribution in [-0.2, 0) is 0 Å². The number of rotatable bonds is 6. The highest BCUT2D eigenvalue weighted by Gasteiger charge is 2.15. The fraction of sp³-hybridized carbons (Fsp3) is 0.562. The molecule has 0 atom stereocenters. The number of thioether (sulfide) groups is 1. The van der Waals surface area contributed by atoms with Crippen LogP contribution < -0.4 is 10.6 Å². The molecule has 2 rings (SSSR count). The molecule has 0 spiro atoms. The summed E-state index contributed by atoms with van der Waals surface area (Å²) in [5.74, 6) is 2.10. The van der Waals surface area contributed by atoms with Crippen LogP contribution in [0.1, 0.15) is 32.1 Å². The molecule has 3 nitrogen and oxygen atoms in total. The summed E-state index contributed by atoms with van der Waals surface area (Å²) in [5.41, 5.74) is 0. The van der Waals surface area contributed by atoms with Crippen molar-refractivity contribution in [3.05, 3.63) is 30.3 Å². The molecule has 0 heterocycles. The molecule has 1 aliphatic carbocycles. The van der Waals surface area contributed by atoms with E-state index in [9.17, 15) is 0 Å². The first-order valence-corrected chi connectivity index (χ1v) is 8.52. The van der Waals surface area contributed by atoms with Crippen LogP contribution in [0.5, 0.6) is 0 Å². The quantitative estimate of drug-likeness (QED) is 0.365. The van der Waals surface area contributed by atoms with Gasteiger partial charge in [0, 0.05) is 24.5 Å². The lowest BCUT2D eigenvalue weighted by Gasteiger charge is -2.16. The summed E-state index contributed by atoms with van der Waals surface area (Å²) in [7, 11) is 1.85. The van der Waals surface area contributed by atoms with Crippen LogP contribution in [0.15, 0.2) is 40.2 Å². The van der Waals surface area contributed by atoms with Crippen LogP contribution in [0.3, 0.4) is 0 Å². The molecule has 2 N–H and O–H groups in total. The zero-order valence-corrected chi connectivity index (χ0v) is 13.1. The van der Waals surface area contributed by atoms with E-state index in [0.717, 1.165) is 24.7 Å². The summed E-state index contributed by atoms with van der Waals surface area (Å²) in [6.07, 6.45) is 6.41. The predicted octanol–water partition coefficient (Wildman–Crippen LogP) is 3.28. The van der Waals surface area contributed by atoms with Gasteiger partial charge < -0.3 is 10.6 Å². The van der Waals surface area contributed by atoms with Crippen molar-refractivity contribution < 1.29 is 0 Å². The van der Waals surface area contributed by atoms with Crippen molar-refractivity contribution in [3.63, 3.8) is 0 Å². The first-order chi connectivity index (χ1) is 9.88. The average Bonchev–Trinajstić information content (AvgIpc) is 3.00. The van der Waals surface area contributed by atoms with Crippen LogP contribution in [0.25, 0.3) is 0 Å². The van der Waals surface area contributed by atoms with Gasteiger partial charge in [-0.05, 0) is 37.1 Å². The molecule has 110 valence electrons. The Balaban J connectivity index is 1.57. The summed E-state index contributed by atoms with van der Waals surface area (Å²) in [6.45, 7) is 0.978. The second kappa shape index (κ2) is 8.90. The molecule has 4 heteroatoms. The number of nitrogens with one attached hydrogen (secondary N) is 2. The number of benzene rings is 1. The van der Waals surface area contributed by atoms with Gasteiger partial charge in [0.05, 0.1) is 0 Å². The lowest BCUT2D eigenvalue weighted by Crippen LogP contribution is -2.42. The molecule has 1 aromatic carbocycles. The highest BCUT2D eigenvalue weighted by atomic mass is 32.2. The smallest absolute Gasteiger partial charge is 0.191 e. The molecule has 0 unspecified atom stereocenters. The van der Waals surface area contributed by atoms with E-state index >= 15 is 0 Å². The van der Waals surface area contributed by atoms with E-state index in [1.807, 2.05) is 18.8 Å². The Kier molecular flexibility index (Phi) is 6.78. The summed E-state index contributed by atoms with van der Waals surface area (Å²) in [4.78, 5) is 5.64. The van der Waals surface area contributed by atoms with Crippen molar-refractivity contribution in [2.45, 2.75) is 43.0 Å². The Hall–Kier alpha value is -1.16. The summed E-state index contributed by atoms with van der Waals surface area (Å²) in [5, 5.41) is 6.91. The molecule has 1 fully saturated rings. The van der Waals surface area contributed by atoms with Gasteiger partial charge >= 0.3 is 0 Å². The second-order valence-electron chi connectivity index (χ2n) is 5.14. The van der Waals surface area contributed by atoms with Gasteiger partial charge in [-0.3, -0.25) is 4.99 Å². The average molecular weight is 291 g/mol. The maximum atomic E-state index is 4.29. The van der Waals surface area contributed by atoms with E-state index in [-0.39, 0.29) is 0 Å². The van der Waals surface area contributed by atoms with E-state index in [0.29, 0.717) is 6.04 Å². The van der Waals surface area contributed by atoms with E-state index in [2.05, 4.69) is 46.0 Å². The van der Waals surface area contributed by atoms with Gasteiger partial charge in [-0.25, -0.2) is 0 Å². The normalized spacial score (nSPS) is 16.4. The minimum atomic E-state index is 0.625. The monoisotopic (exact) mass is 291 g/mol. The first kappa shape index (κ1) is 15.2. The topological polar surface area (TPSA) is 36.4 Å². The van der Waals surface area contributed by atoms with Crippen molar-refractivity contribution in [2.24, 2.45) is 4.99 Å². The van der Waals surface area contributed by atoms with Crippen molar-refractivity contribution in [2.75, 3.05) is 19.3 Å². The third-order valence-electron chi connectivity index (χ3n) is 3.55. The molecule has 0 radical (unpaired) electrons. The number of nitrogens with zero attached hydrogens (tertiary/aromatic N) is 1. The fourth-order valence-electron chi connectivity index (χ4n) is 2.44. The van der Waals surface area contributed by atoms with Gasteiger partial charge in [0.25, 0.3) is 0 Å². The Morgan fingerprint density at radius 2 is 2.00 bits per heavy atom. The maximum Gasteiger partial charge on any atom is 0.191 e. The number of guanidine groups is 1. The lowest BCUT2D eigenvalue weighted by molar-refractivity contribution is 0.613. The largest absolute Gasteiger partial charge is 0.356 e. The SMILES string of the molecule is CN=C(NCCCSc1ccccc1)NC1CCCC1. The van der Waals surface area contributed by atoms with Crippen LogP contribution in [0, 0.1) is 0 Å². The van der Waals surface area contributed by atoms with Crippen molar-refractivity contribution in [1.82, 2.24) is 10.6 Å². The van der Waals surface area contributed by atoms with Gasteiger partial charge in [0.1, 0.15) is 0 Å². The predicted molar refractivity (Wildman–Crippen MR) is 88.5 cm³/mol. The number of hydrogen-bond acceptors (Lipinski definition) is 2. The third kappa shape index (κ3) is 5.45. The standard InChI is InChI=1S/C16H25N3S/c1-17-16(19-14-8-5-6-9-14)18-12-7-13-20-15-10-3-2-4-11-15/h2-4,10-11,14H,5-9,12-13H2,1H3,(H2,17,18,19). The van der Waals surface area contributed by atoms with E-state index in [1.54, 1.807) is 0 Å². The van der Waals surface area contributed by atoms with Crippen LogP contribution in [0.4, 0.5) is 0 Å². The molecule has 0 aliphatic heterocycles. The minimum Gasteiger partial charge on any atom is -0.356 e. The zero-order chi connectivity index (χ0) is 14.0. The Labute approximate surface area is 126 Å². The van der Waals surface area contributed by atoms with Crippen molar-refractivity contribution >= 4 is 17.7 Å². The molecule has 1 saturated carbocycles. The van der Waals surface area contributed by atoms with Crippen LogP contribution >= 0.6 is 11.8 Å². The Morgan fingerprint density at radius 3 is 2.70 bits per heavy atom. The molecular weight excluding hydrogens is 266 g/mol. The second-order valence-corrected chi connectivity index (χ2v) is 6.31. The molecule has 0 saturated heterocycles. The maximum absolute atomic E-state index is 4.29. The molecule has 1 aromatic rings. The van der Waals surface area contributed by atoms with Gasteiger partial charge in [-0.2, -0.15) is 0 Å². The molecular formula is C16H25N3S. The molecule has 0 amide bonds. The summed E-state index contributed by atoms with van der Waals surface area (Å²) >= 11 is 1.91. The zero-order valence-electron chi connectivity index (χ0n) is 12.3. The van der Waals surface area contributed by atoms with E-state index < -0.39 is 0 Å². The van der Waals surface area contributed by atoms with Gasteiger partial charge in [-0.1, -0.05) is 31.0 Å². The molecule has 0 bridgehead atoms. The van der Waals surface area contributed by atoms with E-state index in [4.69, 9.17) is 0 Å². The highest BCUT2D eigenvalue weighted by Crippen LogP contribution is 2.18.